The Balaban J connectivity index is 2.09. The molecular weight excluding hydrogens is 270 g/mol. The van der Waals surface area contributed by atoms with Crippen molar-refractivity contribution >= 4 is 21.4 Å². The van der Waals surface area contributed by atoms with Crippen LogP contribution in [0.2, 0.25) is 0 Å². The summed E-state index contributed by atoms with van der Waals surface area (Å²) in [4.78, 5) is 0. The van der Waals surface area contributed by atoms with E-state index in [2.05, 4.69) is 0 Å². The van der Waals surface area contributed by atoms with Crippen LogP contribution in [0.15, 0.2) is 15.7 Å². The van der Waals surface area contributed by atoms with Crippen LogP contribution < -0.4 is 0 Å². The number of aliphatic hydroxyl groups is 1. The normalized spacial score (nSPS) is 17.7. The molecule has 0 atom stereocenters. The van der Waals surface area contributed by atoms with Gasteiger partial charge in [-0.2, -0.15) is 4.31 Å². The van der Waals surface area contributed by atoms with Crippen LogP contribution in [0.4, 0.5) is 0 Å². The second kappa shape index (κ2) is 5.69. The predicted molar refractivity (Wildman–Crippen MR) is 72.0 cm³/mol. The van der Waals surface area contributed by atoms with Crippen molar-refractivity contribution in [3.8, 4) is 0 Å². The minimum Gasteiger partial charge on any atom is -0.392 e. The van der Waals surface area contributed by atoms with Crippen molar-refractivity contribution in [3.05, 3.63) is 17.0 Å². The molecule has 0 aromatic carbocycles. The maximum absolute atomic E-state index is 12.3. The van der Waals surface area contributed by atoms with Crippen LogP contribution in [0, 0.1) is 5.92 Å². The molecule has 0 amide bonds. The minimum absolute atomic E-state index is 0.113. The Morgan fingerprint density at radius 3 is 2.67 bits per heavy atom. The molecule has 0 bridgehead atoms. The van der Waals surface area contributed by atoms with Gasteiger partial charge in [-0.15, -0.1) is 11.3 Å². The Labute approximate surface area is 112 Å². The lowest BCUT2D eigenvalue weighted by Crippen LogP contribution is -2.30. The van der Waals surface area contributed by atoms with E-state index in [1.165, 1.54) is 28.5 Å². The topological polar surface area (TPSA) is 57.6 Å². The van der Waals surface area contributed by atoms with Gasteiger partial charge in [-0.3, -0.25) is 0 Å². The zero-order chi connectivity index (χ0) is 13.2. The van der Waals surface area contributed by atoms with Crippen molar-refractivity contribution in [1.82, 2.24) is 4.31 Å². The van der Waals surface area contributed by atoms with E-state index in [0.717, 1.165) is 12.8 Å². The first-order valence-electron chi connectivity index (χ1n) is 6.18. The fourth-order valence-corrected chi connectivity index (χ4v) is 5.04. The van der Waals surface area contributed by atoms with Gasteiger partial charge in [0.2, 0.25) is 0 Å². The van der Waals surface area contributed by atoms with E-state index >= 15 is 0 Å². The summed E-state index contributed by atoms with van der Waals surface area (Å²) < 4.78 is 26.4. The first-order valence-corrected chi connectivity index (χ1v) is 8.50. The van der Waals surface area contributed by atoms with E-state index in [4.69, 9.17) is 5.11 Å². The SMILES string of the molecule is CN(CC1CCCC1)S(=O)(=O)c1cc(CO)cs1. The zero-order valence-corrected chi connectivity index (χ0v) is 12.1. The molecule has 0 aliphatic heterocycles. The van der Waals surface area contributed by atoms with Crippen LogP contribution in [0.1, 0.15) is 31.2 Å². The highest BCUT2D eigenvalue weighted by Crippen LogP contribution is 2.28. The molecule has 0 spiro atoms. The van der Waals surface area contributed by atoms with E-state index in [1.807, 2.05) is 0 Å². The van der Waals surface area contributed by atoms with E-state index in [1.54, 1.807) is 18.5 Å². The lowest BCUT2D eigenvalue weighted by Gasteiger charge is -2.19. The van der Waals surface area contributed by atoms with E-state index in [9.17, 15) is 8.42 Å². The standard InChI is InChI=1S/C12H19NO3S2/c1-13(7-10-4-2-3-5-10)18(15,16)12-6-11(8-14)9-17-12/h6,9-10,14H,2-5,7-8H2,1H3. The summed E-state index contributed by atoms with van der Waals surface area (Å²) in [7, 11) is -1.73. The molecule has 1 aromatic rings. The average Bonchev–Trinajstić information content (AvgIpc) is 2.99. The average molecular weight is 289 g/mol. The molecule has 1 fully saturated rings. The molecule has 1 N–H and O–H groups in total. The highest BCUT2D eigenvalue weighted by molar-refractivity contribution is 7.91. The largest absolute Gasteiger partial charge is 0.392 e. The van der Waals surface area contributed by atoms with Crippen molar-refractivity contribution in [2.45, 2.75) is 36.5 Å². The van der Waals surface area contributed by atoms with Crippen molar-refractivity contribution in [1.29, 1.82) is 0 Å². The summed E-state index contributed by atoms with van der Waals surface area (Å²) >= 11 is 1.18. The van der Waals surface area contributed by atoms with Crippen LogP contribution in [-0.2, 0) is 16.6 Å². The Morgan fingerprint density at radius 2 is 2.11 bits per heavy atom. The third-order valence-electron chi connectivity index (χ3n) is 3.47. The quantitative estimate of drug-likeness (QED) is 0.902. The van der Waals surface area contributed by atoms with Gasteiger partial charge in [-0.1, -0.05) is 12.8 Å². The second-order valence-electron chi connectivity index (χ2n) is 4.87. The molecule has 4 nitrogen and oxygen atoms in total. The van der Waals surface area contributed by atoms with E-state index in [0.29, 0.717) is 22.2 Å². The number of rotatable bonds is 5. The molecule has 1 aromatic heterocycles. The van der Waals surface area contributed by atoms with Crippen LogP contribution in [0.25, 0.3) is 0 Å². The summed E-state index contributed by atoms with van der Waals surface area (Å²) in [6.45, 7) is 0.493. The highest BCUT2D eigenvalue weighted by atomic mass is 32.2. The van der Waals surface area contributed by atoms with E-state index < -0.39 is 10.0 Å². The van der Waals surface area contributed by atoms with Gasteiger partial charge < -0.3 is 5.11 Å². The smallest absolute Gasteiger partial charge is 0.252 e. The summed E-state index contributed by atoms with van der Waals surface area (Å²) in [6, 6.07) is 1.56. The number of sulfonamides is 1. The van der Waals surface area contributed by atoms with Crippen molar-refractivity contribution < 1.29 is 13.5 Å². The number of thiophene rings is 1. The van der Waals surface area contributed by atoms with Crippen LogP contribution in [0.3, 0.4) is 0 Å². The van der Waals surface area contributed by atoms with Gasteiger partial charge in [0.1, 0.15) is 4.21 Å². The summed E-state index contributed by atoms with van der Waals surface area (Å²) in [5, 5.41) is 10.7. The molecule has 6 heteroatoms. The zero-order valence-electron chi connectivity index (χ0n) is 10.5. The third kappa shape index (κ3) is 2.93. The summed E-state index contributed by atoms with van der Waals surface area (Å²) in [5.74, 6) is 0.502. The van der Waals surface area contributed by atoms with Crippen molar-refractivity contribution in [2.24, 2.45) is 5.92 Å². The van der Waals surface area contributed by atoms with Crippen LogP contribution in [0.5, 0.6) is 0 Å². The molecule has 1 heterocycles. The van der Waals surface area contributed by atoms with Crippen LogP contribution in [-0.4, -0.2) is 31.4 Å². The van der Waals surface area contributed by atoms with Crippen molar-refractivity contribution in [3.63, 3.8) is 0 Å². The maximum Gasteiger partial charge on any atom is 0.252 e. The number of aliphatic hydroxyl groups excluding tert-OH is 1. The maximum atomic E-state index is 12.3. The van der Waals surface area contributed by atoms with Gasteiger partial charge in [0, 0.05) is 13.6 Å². The molecule has 2 rings (SSSR count). The molecule has 18 heavy (non-hydrogen) atoms. The summed E-state index contributed by atoms with van der Waals surface area (Å²) in [6.07, 6.45) is 4.69. The molecule has 102 valence electrons. The molecular formula is C12H19NO3S2. The van der Waals surface area contributed by atoms with Gasteiger partial charge in [-0.05, 0) is 35.8 Å². The lowest BCUT2D eigenvalue weighted by atomic mass is 10.1. The first kappa shape index (κ1) is 14.0. The molecule has 1 aliphatic rings. The Hall–Kier alpha value is -0.430. The van der Waals surface area contributed by atoms with E-state index in [-0.39, 0.29) is 6.61 Å². The van der Waals surface area contributed by atoms with Gasteiger partial charge >= 0.3 is 0 Å². The summed E-state index contributed by atoms with van der Waals surface area (Å²) in [5.41, 5.74) is 0.660. The highest BCUT2D eigenvalue weighted by Gasteiger charge is 2.26. The van der Waals surface area contributed by atoms with Gasteiger partial charge in [-0.25, -0.2) is 8.42 Å². The molecule has 0 radical (unpaired) electrons. The molecule has 1 saturated carbocycles. The third-order valence-corrected chi connectivity index (χ3v) is 6.75. The first-order chi connectivity index (χ1) is 8.54. The van der Waals surface area contributed by atoms with Gasteiger partial charge in [0.25, 0.3) is 10.0 Å². The number of hydrogen-bond acceptors (Lipinski definition) is 4. The predicted octanol–water partition coefficient (Wildman–Crippen LogP) is 2.05. The molecule has 1 aliphatic carbocycles. The molecule has 0 saturated heterocycles. The fourth-order valence-electron chi connectivity index (χ4n) is 2.38. The fraction of sp³-hybridized carbons (Fsp3) is 0.667. The minimum atomic E-state index is -3.37. The van der Waals surface area contributed by atoms with Gasteiger partial charge in [0.15, 0.2) is 0 Å². The lowest BCUT2D eigenvalue weighted by molar-refractivity contribution is 0.282. The number of hydrogen-bond donors (Lipinski definition) is 1. The number of nitrogens with zero attached hydrogens (tertiary/aromatic N) is 1. The monoisotopic (exact) mass is 289 g/mol. The Morgan fingerprint density at radius 1 is 1.44 bits per heavy atom. The Kier molecular flexibility index (Phi) is 4.42. The molecule has 0 unspecified atom stereocenters. The Bertz CT molecular complexity index is 489. The van der Waals surface area contributed by atoms with Crippen LogP contribution >= 0.6 is 11.3 Å². The van der Waals surface area contributed by atoms with Gasteiger partial charge in [0.05, 0.1) is 6.61 Å². The second-order valence-corrected chi connectivity index (χ2v) is 8.05. The van der Waals surface area contributed by atoms with Crippen molar-refractivity contribution in [2.75, 3.05) is 13.6 Å².